The van der Waals surface area contributed by atoms with Crippen molar-refractivity contribution >= 4 is 40.4 Å². The Morgan fingerprint density at radius 2 is 1.72 bits per heavy atom. The summed E-state index contributed by atoms with van der Waals surface area (Å²) in [4.78, 5) is 53.8. The van der Waals surface area contributed by atoms with E-state index in [0.29, 0.717) is 10.6 Å². The van der Waals surface area contributed by atoms with Gasteiger partial charge in [-0.3, -0.25) is 29.4 Å². The Balaban J connectivity index is 1.27. The predicted octanol–water partition coefficient (Wildman–Crippen LogP) is 4.93. The van der Waals surface area contributed by atoms with Crippen molar-refractivity contribution in [2.45, 2.75) is 6.92 Å². The van der Waals surface area contributed by atoms with Crippen LogP contribution in [0.4, 0.5) is 11.4 Å². The van der Waals surface area contributed by atoms with Gasteiger partial charge in [0.05, 0.1) is 16.2 Å². The summed E-state index contributed by atoms with van der Waals surface area (Å²) in [6.07, 6.45) is 0. The molecule has 0 unspecified atom stereocenters. The third kappa shape index (κ3) is 4.14. The van der Waals surface area contributed by atoms with E-state index in [9.17, 15) is 24.5 Å². The number of hydrogen-bond donors (Lipinski definition) is 1. The van der Waals surface area contributed by atoms with Crippen LogP contribution in [0.5, 0.6) is 0 Å². The number of thiazole rings is 1. The summed E-state index contributed by atoms with van der Waals surface area (Å²) in [6.45, 7) is 1.48. The van der Waals surface area contributed by atoms with Crippen LogP contribution < -0.4 is 5.32 Å². The molecular weight excluding hydrogens is 480 g/mol. The van der Waals surface area contributed by atoms with Crippen molar-refractivity contribution in [3.8, 4) is 21.8 Å². The maximum absolute atomic E-state index is 12.7. The summed E-state index contributed by atoms with van der Waals surface area (Å²) in [5.74, 6) is -2.20. The number of carbonyl (C=O) groups is 3. The van der Waals surface area contributed by atoms with E-state index >= 15 is 0 Å². The number of carbonyl (C=O) groups excluding carboxylic acids is 3. The quantitative estimate of drug-likeness (QED) is 0.229. The molecule has 0 aliphatic carbocycles. The van der Waals surface area contributed by atoms with Crippen LogP contribution in [0.15, 0.2) is 72.1 Å². The zero-order valence-electron chi connectivity index (χ0n) is 18.9. The highest BCUT2D eigenvalue weighted by atomic mass is 32.1. The van der Waals surface area contributed by atoms with E-state index in [2.05, 4.69) is 5.32 Å². The second-order valence-electron chi connectivity index (χ2n) is 8.13. The average molecular weight is 499 g/mol. The van der Waals surface area contributed by atoms with Crippen molar-refractivity contribution < 1.29 is 19.3 Å². The molecule has 2 heterocycles. The number of fused-ring (bicyclic) bond motifs is 1. The van der Waals surface area contributed by atoms with Crippen molar-refractivity contribution in [3.63, 3.8) is 0 Å². The minimum Gasteiger partial charge on any atom is -0.325 e. The molecule has 0 fully saturated rings. The average Bonchev–Trinajstić information content (AvgIpc) is 3.44. The van der Waals surface area contributed by atoms with Gasteiger partial charge in [0.15, 0.2) is 0 Å². The molecule has 1 aromatic heterocycles. The van der Waals surface area contributed by atoms with Crippen LogP contribution in [0.25, 0.3) is 21.8 Å². The van der Waals surface area contributed by atoms with E-state index in [1.165, 1.54) is 12.1 Å². The lowest BCUT2D eigenvalue weighted by molar-refractivity contribution is -0.385. The van der Waals surface area contributed by atoms with Gasteiger partial charge >= 0.3 is 0 Å². The van der Waals surface area contributed by atoms with Crippen molar-refractivity contribution in [2.75, 3.05) is 11.9 Å². The predicted molar refractivity (Wildman–Crippen MR) is 135 cm³/mol. The van der Waals surface area contributed by atoms with Crippen molar-refractivity contribution in [1.29, 1.82) is 0 Å². The number of rotatable bonds is 6. The first-order chi connectivity index (χ1) is 17.3. The fraction of sp³-hybridized carbons (Fsp3) is 0.0769. The highest BCUT2D eigenvalue weighted by Crippen LogP contribution is 2.32. The molecule has 0 atom stereocenters. The zero-order valence-corrected chi connectivity index (χ0v) is 19.7. The van der Waals surface area contributed by atoms with Crippen LogP contribution in [-0.4, -0.2) is 39.1 Å². The third-order valence-electron chi connectivity index (χ3n) is 5.82. The molecule has 1 aliphatic rings. The summed E-state index contributed by atoms with van der Waals surface area (Å²) < 4.78 is 0. The van der Waals surface area contributed by atoms with Crippen LogP contribution in [0.2, 0.25) is 0 Å². The fourth-order valence-corrected chi connectivity index (χ4v) is 4.94. The lowest BCUT2D eigenvalue weighted by Gasteiger charge is -2.13. The third-order valence-corrected chi connectivity index (χ3v) is 6.70. The minimum atomic E-state index is -0.860. The van der Waals surface area contributed by atoms with Crippen molar-refractivity contribution in [2.24, 2.45) is 0 Å². The number of nitro groups is 1. The molecule has 0 bridgehead atoms. The number of aryl methyl sites for hydroxylation is 1. The van der Waals surface area contributed by atoms with Gasteiger partial charge < -0.3 is 5.32 Å². The fourth-order valence-electron chi connectivity index (χ4n) is 4.02. The number of amides is 3. The molecule has 0 spiro atoms. The Kier molecular flexibility index (Phi) is 5.87. The summed E-state index contributed by atoms with van der Waals surface area (Å²) in [6, 6.07) is 18.9. The summed E-state index contributed by atoms with van der Waals surface area (Å²) >= 11 is 1.55. The lowest BCUT2D eigenvalue weighted by Crippen LogP contribution is -2.37. The molecule has 1 aliphatic heterocycles. The zero-order chi connectivity index (χ0) is 25.4. The number of nitrogens with zero attached hydrogens (tertiary/aromatic N) is 3. The van der Waals surface area contributed by atoms with Crippen LogP contribution in [-0.2, 0) is 4.79 Å². The molecule has 0 saturated carbocycles. The molecule has 36 heavy (non-hydrogen) atoms. The molecule has 10 heteroatoms. The Hall–Kier alpha value is -4.70. The number of nitrogens with one attached hydrogen (secondary N) is 1. The van der Waals surface area contributed by atoms with Gasteiger partial charge in [-0.1, -0.05) is 42.5 Å². The Labute approximate surface area is 209 Å². The highest BCUT2D eigenvalue weighted by molar-refractivity contribution is 7.13. The van der Waals surface area contributed by atoms with Crippen LogP contribution in [0, 0.1) is 17.0 Å². The first kappa shape index (κ1) is 23.1. The van der Waals surface area contributed by atoms with E-state index < -0.39 is 34.9 Å². The van der Waals surface area contributed by atoms with Crippen molar-refractivity contribution in [3.05, 3.63) is 98.9 Å². The Bertz CT molecular complexity index is 1540. The second kappa shape index (κ2) is 9.16. The van der Waals surface area contributed by atoms with Gasteiger partial charge in [0.25, 0.3) is 17.5 Å². The monoisotopic (exact) mass is 498 g/mol. The van der Waals surface area contributed by atoms with E-state index in [1.54, 1.807) is 23.5 Å². The topological polar surface area (TPSA) is 123 Å². The molecule has 3 aromatic carbocycles. The van der Waals surface area contributed by atoms with Gasteiger partial charge in [-0.2, -0.15) is 0 Å². The van der Waals surface area contributed by atoms with E-state index in [-0.39, 0.29) is 11.1 Å². The maximum atomic E-state index is 12.7. The van der Waals surface area contributed by atoms with E-state index in [1.807, 2.05) is 48.7 Å². The second-order valence-corrected chi connectivity index (χ2v) is 8.99. The standard InChI is InChI=1S/C26H18N4O5S/c1-15-5-2-3-6-18(15)24-28-20(14-36-24)16-9-11-17(12-10-16)27-22(31)13-29-25(32)19-7-4-8-21(30(34)35)23(19)26(29)33/h2-12,14H,13H2,1H3,(H,27,31). The number of hydrogen-bond acceptors (Lipinski definition) is 7. The van der Waals surface area contributed by atoms with Crippen molar-refractivity contribution in [1.82, 2.24) is 9.88 Å². The number of anilines is 1. The summed E-state index contributed by atoms with van der Waals surface area (Å²) in [5.41, 5.74) is 3.54. The van der Waals surface area contributed by atoms with Gasteiger partial charge in [0.2, 0.25) is 5.91 Å². The van der Waals surface area contributed by atoms with E-state index in [4.69, 9.17) is 4.98 Å². The van der Waals surface area contributed by atoms with Gasteiger partial charge in [0.1, 0.15) is 17.1 Å². The first-order valence-electron chi connectivity index (χ1n) is 10.9. The molecule has 9 nitrogen and oxygen atoms in total. The minimum absolute atomic E-state index is 0.0836. The molecule has 0 radical (unpaired) electrons. The van der Waals surface area contributed by atoms with Gasteiger partial charge in [-0.25, -0.2) is 4.98 Å². The van der Waals surface area contributed by atoms with Gasteiger partial charge in [-0.15, -0.1) is 11.3 Å². The normalized spacial score (nSPS) is 12.5. The largest absolute Gasteiger partial charge is 0.325 e. The molecule has 3 amide bonds. The van der Waals surface area contributed by atoms with E-state index in [0.717, 1.165) is 33.5 Å². The SMILES string of the molecule is Cc1ccccc1-c1nc(-c2ccc(NC(=O)CN3C(=O)c4cccc([N+](=O)[O-])c4C3=O)cc2)cs1. The molecule has 1 N–H and O–H groups in total. The van der Waals surface area contributed by atoms with Crippen LogP contribution in [0.3, 0.4) is 0 Å². The van der Waals surface area contributed by atoms with Crippen LogP contribution >= 0.6 is 11.3 Å². The molecule has 0 saturated heterocycles. The summed E-state index contributed by atoms with van der Waals surface area (Å²) in [5, 5.41) is 16.8. The molecular formula is C26H18N4O5S. The Morgan fingerprint density at radius 1 is 1.00 bits per heavy atom. The smallest absolute Gasteiger partial charge is 0.282 e. The first-order valence-corrected chi connectivity index (χ1v) is 11.8. The number of aromatic nitrogens is 1. The molecule has 178 valence electrons. The number of nitro benzene ring substituents is 1. The Morgan fingerprint density at radius 3 is 2.44 bits per heavy atom. The van der Waals surface area contributed by atoms with Gasteiger partial charge in [-0.05, 0) is 30.7 Å². The number of benzene rings is 3. The number of imide groups is 1. The van der Waals surface area contributed by atoms with Crippen LogP contribution in [0.1, 0.15) is 26.3 Å². The molecule has 5 rings (SSSR count). The molecule has 4 aromatic rings. The highest BCUT2D eigenvalue weighted by Gasteiger charge is 2.41. The summed E-state index contributed by atoms with van der Waals surface area (Å²) in [7, 11) is 0. The lowest BCUT2D eigenvalue weighted by atomic mass is 10.1. The maximum Gasteiger partial charge on any atom is 0.282 e. The van der Waals surface area contributed by atoms with Gasteiger partial charge in [0, 0.05) is 28.3 Å².